The number of fused-ring (bicyclic) bond motifs is 1. The molecule has 1 N–H and O–H groups in total. The summed E-state index contributed by atoms with van der Waals surface area (Å²) in [6, 6.07) is 5.91. The van der Waals surface area contributed by atoms with E-state index in [1.165, 1.54) is 0 Å². The van der Waals surface area contributed by atoms with E-state index in [9.17, 15) is 4.21 Å². The topological polar surface area (TPSA) is 47.0 Å². The molecule has 0 spiro atoms. The number of hydrogen-bond donors (Lipinski definition) is 1. The first kappa shape index (κ1) is 15.3. The van der Waals surface area contributed by atoms with E-state index in [4.69, 9.17) is 17.0 Å². The lowest BCUT2D eigenvalue weighted by molar-refractivity contribution is 0.320. The number of para-hydroxylation sites is 1. The van der Waals surface area contributed by atoms with Crippen molar-refractivity contribution in [1.82, 2.24) is 9.55 Å². The number of aryl methyl sites for hydroxylation is 1. The van der Waals surface area contributed by atoms with Crippen molar-refractivity contribution in [3.05, 3.63) is 23.0 Å². The van der Waals surface area contributed by atoms with E-state index in [0.29, 0.717) is 29.4 Å². The van der Waals surface area contributed by atoms with Crippen molar-refractivity contribution in [2.24, 2.45) is 0 Å². The Bertz CT molecular complexity index is 661. The fraction of sp³-hybridized carbons (Fsp3) is 0.500. The third-order valence-electron chi connectivity index (χ3n) is 3.10. The Kier molecular flexibility index (Phi) is 5.37. The molecule has 1 atom stereocenters. The molecular weight excluding hydrogens is 292 g/mol. The zero-order chi connectivity index (χ0) is 14.5. The first-order valence-electron chi connectivity index (χ1n) is 6.86. The molecule has 1 aromatic carbocycles. The Hall–Kier alpha value is -1.14. The third kappa shape index (κ3) is 3.30. The number of rotatable bonds is 7. The van der Waals surface area contributed by atoms with E-state index in [-0.39, 0.29) is 0 Å². The van der Waals surface area contributed by atoms with Crippen LogP contribution in [0.3, 0.4) is 0 Å². The first-order valence-corrected chi connectivity index (χ1v) is 8.76. The molecule has 0 amide bonds. The van der Waals surface area contributed by atoms with Gasteiger partial charge in [-0.2, -0.15) is 0 Å². The van der Waals surface area contributed by atoms with E-state index in [2.05, 4.69) is 11.9 Å². The smallest absolute Gasteiger partial charge is 0.178 e. The molecule has 0 saturated carbocycles. The Morgan fingerprint density at radius 1 is 1.40 bits per heavy atom. The van der Waals surface area contributed by atoms with Crippen molar-refractivity contribution in [2.45, 2.75) is 26.8 Å². The molecule has 0 fully saturated rings. The number of H-pyrrole nitrogens is 1. The van der Waals surface area contributed by atoms with Crippen LogP contribution in [-0.4, -0.2) is 31.9 Å². The van der Waals surface area contributed by atoms with Crippen LogP contribution >= 0.6 is 12.2 Å². The summed E-state index contributed by atoms with van der Waals surface area (Å²) in [6.45, 7) is 5.36. The number of ether oxygens (including phenoxy) is 1. The average molecular weight is 312 g/mol. The zero-order valence-electron chi connectivity index (χ0n) is 11.8. The second-order valence-electron chi connectivity index (χ2n) is 4.51. The summed E-state index contributed by atoms with van der Waals surface area (Å²) in [7, 11) is -0.785. The van der Waals surface area contributed by atoms with Gasteiger partial charge in [-0.05, 0) is 30.8 Å². The van der Waals surface area contributed by atoms with E-state index >= 15 is 0 Å². The summed E-state index contributed by atoms with van der Waals surface area (Å²) >= 11 is 5.37. The van der Waals surface area contributed by atoms with Crippen LogP contribution in [0, 0.1) is 4.77 Å². The van der Waals surface area contributed by atoms with Crippen LogP contribution in [-0.2, 0) is 17.3 Å². The largest absolute Gasteiger partial charge is 0.491 e. The minimum absolute atomic E-state index is 0.623. The zero-order valence-corrected chi connectivity index (χ0v) is 13.5. The highest BCUT2D eigenvalue weighted by Gasteiger charge is 2.09. The second-order valence-corrected chi connectivity index (χ2v) is 6.77. The van der Waals surface area contributed by atoms with Gasteiger partial charge < -0.3 is 14.3 Å². The number of aromatic nitrogens is 2. The van der Waals surface area contributed by atoms with Gasteiger partial charge in [0.25, 0.3) is 0 Å². The van der Waals surface area contributed by atoms with Crippen LogP contribution in [0.5, 0.6) is 5.75 Å². The summed E-state index contributed by atoms with van der Waals surface area (Å²) in [4.78, 5) is 3.20. The van der Waals surface area contributed by atoms with Gasteiger partial charge in [-0.1, -0.05) is 19.9 Å². The maximum Gasteiger partial charge on any atom is 0.178 e. The van der Waals surface area contributed by atoms with Crippen LogP contribution < -0.4 is 4.74 Å². The normalized spacial score (nSPS) is 12.7. The van der Waals surface area contributed by atoms with Gasteiger partial charge in [0.2, 0.25) is 0 Å². The van der Waals surface area contributed by atoms with Crippen LogP contribution in [0.25, 0.3) is 11.0 Å². The van der Waals surface area contributed by atoms with Crippen molar-refractivity contribution in [3.63, 3.8) is 0 Å². The lowest BCUT2D eigenvalue weighted by Gasteiger charge is -2.07. The molecule has 2 aromatic rings. The maximum absolute atomic E-state index is 11.6. The van der Waals surface area contributed by atoms with E-state index in [1.807, 2.05) is 29.7 Å². The highest BCUT2D eigenvalue weighted by atomic mass is 32.2. The number of hydrogen-bond acceptors (Lipinski definition) is 3. The molecule has 0 aliphatic carbocycles. The molecule has 1 heterocycles. The van der Waals surface area contributed by atoms with Gasteiger partial charge in [0, 0.05) is 28.9 Å². The average Bonchev–Trinajstić information content (AvgIpc) is 2.78. The highest BCUT2D eigenvalue weighted by molar-refractivity contribution is 7.84. The lowest BCUT2D eigenvalue weighted by atomic mass is 10.3. The molecule has 0 bridgehead atoms. The molecular formula is C14H20N2O2S2. The number of aromatic amines is 1. The monoisotopic (exact) mass is 312 g/mol. The number of nitrogens with zero attached hydrogens (tertiary/aromatic N) is 1. The summed E-state index contributed by atoms with van der Waals surface area (Å²) < 4.78 is 20.0. The molecule has 2 rings (SSSR count). The quantitative estimate of drug-likeness (QED) is 0.798. The Morgan fingerprint density at radius 3 is 2.90 bits per heavy atom. The fourth-order valence-electron chi connectivity index (χ4n) is 2.05. The molecule has 0 aliphatic rings. The maximum atomic E-state index is 11.6. The van der Waals surface area contributed by atoms with Crippen LogP contribution in [0.2, 0.25) is 0 Å². The van der Waals surface area contributed by atoms with Crippen LogP contribution in [0.1, 0.15) is 20.3 Å². The highest BCUT2D eigenvalue weighted by Crippen LogP contribution is 2.25. The summed E-state index contributed by atoms with van der Waals surface area (Å²) in [5.74, 6) is 2.13. The Balaban J connectivity index is 2.34. The number of nitrogens with one attached hydrogen (secondary N) is 1. The first-order chi connectivity index (χ1) is 9.67. The minimum Gasteiger partial charge on any atom is -0.491 e. The summed E-state index contributed by atoms with van der Waals surface area (Å²) in [6.07, 6.45) is 0.966. The predicted octanol–water partition coefficient (Wildman–Crippen LogP) is 3.26. The molecule has 4 nitrogen and oxygen atoms in total. The SMILES string of the molecule is CCCOc1cccc2c1[nH]c(=S)n2CCS(=O)CC. The predicted molar refractivity (Wildman–Crippen MR) is 86.5 cm³/mol. The van der Waals surface area contributed by atoms with Crippen molar-refractivity contribution in [3.8, 4) is 5.75 Å². The Morgan fingerprint density at radius 2 is 2.20 bits per heavy atom. The van der Waals surface area contributed by atoms with Crippen molar-refractivity contribution < 1.29 is 8.95 Å². The lowest BCUT2D eigenvalue weighted by Crippen LogP contribution is -2.08. The van der Waals surface area contributed by atoms with Crippen molar-refractivity contribution in [1.29, 1.82) is 0 Å². The molecule has 1 unspecified atom stereocenters. The minimum atomic E-state index is -0.785. The van der Waals surface area contributed by atoms with E-state index < -0.39 is 10.8 Å². The molecule has 0 aliphatic heterocycles. The molecule has 20 heavy (non-hydrogen) atoms. The van der Waals surface area contributed by atoms with Gasteiger partial charge in [0.15, 0.2) is 4.77 Å². The standard InChI is InChI=1S/C14H20N2O2S2/c1-3-9-18-12-7-5-6-11-13(12)15-14(19)16(11)8-10-20(17)4-2/h5-7H,3-4,8-10H2,1-2H3,(H,15,19). The van der Waals surface area contributed by atoms with Crippen molar-refractivity contribution in [2.75, 3.05) is 18.1 Å². The number of benzene rings is 1. The molecule has 0 saturated heterocycles. The van der Waals surface area contributed by atoms with Crippen LogP contribution in [0.15, 0.2) is 18.2 Å². The van der Waals surface area contributed by atoms with Gasteiger partial charge >= 0.3 is 0 Å². The number of imidazole rings is 1. The van der Waals surface area contributed by atoms with Gasteiger partial charge in [-0.3, -0.25) is 4.21 Å². The molecule has 1 aromatic heterocycles. The van der Waals surface area contributed by atoms with Gasteiger partial charge in [-0.25, -0.2) is 0 Å². The molecule has 6 heteroatoms. The Labute approximate surface area is 126 Å². The van der Waals surface area contributed by atoms with Gasteiger partial charge in [0.05, 0.1) is 12.1 Å². The third-order valence-corrected chi connectivity index (χ3v) is 4.70. The summed E-state index contributed by atoms with van der Waals surface area (Å²) in [5.41, 5.74) is 1.94. The fourth-order valence-corrected chi connectivity index (χ4v) is 3.01. The van der Waals surface area contributed by atoms with E-state index in [0.717, 1.165) is 23.2 Å². The van der Waals surface area contributed by atoms with E-state index in [1.54, 1.807) is 0 Å². The van der Waals surface area contributed by atoms with Crippen LogP contribution in [0.4, 0.5) is 0 Å². The molecule has 0 radical (unpaired) electrons. The van der Waals surface area contributed by atoms with Gasteiger partial charge in [-0.15, -0.1) is 0 Å². The summed E-state index contributed by atoms with van der Waals surface area (Å²) in [5, 5.41) is 0. The van der Waals surface area contributed by atoms with Crippen molar-refractivity contribution >= 4 is 34.1 Å². The molecule has 110 valence electrons. The van der Waals surface area contributed by atoms with Gasteiger partial charge in [0.1, 0.15) is 11.3 Å². The second kappa shape index (κ2) is 7.04.